The van der Waals surface area contributed by atoms with Crippen LogP contribution in [0.15, 0.2) is 0 Å². The molecule has 144 valence electrons. The summed E-state index contributed by atoms with van der Waals surface area (Å²) in [5.74, 6) is -12.4. The lowest BCUT2D eigenvalue weighted by molar-refractivity contribution is -0.491. The van der Waals surface area contributed by atoms with Gasteiger partial charge in [0.25, 0.3) is 0 Å². The third-order valence-corrected chi connectivity index (χ3v) is 3.47. The van der Waals surface area contributed by atoms with Crippen molar-refractivity contribution in [1.82, 2.24) is 0 Å². The third kappa shape index (κ3) is 2.69. The normalized spacial score (nSPS) is 43.6. The highest BCUT2D eigenvalue weighted by atomic mass is 19.3. The average Bonchev–Trinajstić information content (AvgIpc) is 2.51. The van der Waals surface area contributed by atoms with Crippen molar-refractivity contribution in [2.24, 2.45) is 0 Å². The molecule has 3 unspecified atom stereocenters. The van der Waals surface area contributed by atoms with Gasteiger partial charge < -0.3 is 28.2 Å². The van der Waals surface area contributed by atoms with Crippen LogP contribution in [0.4, 0.5) is 39.5 Å². The Kier molecular flexibility index (Phi) is 3.89. The van der Waals surface area contributed by atoms with E-state index in [0.717, 1.165) is 0 Å². The summed E-state index contributed by atoms with van der Waals surface area (Å²) >= 11 is 0. The molecule has 3 aliphatic heterocycles. The van der Waals surface area contributed by atoms with Gasteiger partial charge in [0, 0.05) is 0 Å². The van der Waals surface area contributed by atoms with Crippen LogP contribution in [0, 0.1) is 0 Å². The fraction of sp³-hybridized carbons (Fsp3) is 1.00. The van der Waals surface area contributed by atoms with Gasteiger partial charge in [-0.15, -0.1) is 0 Å². The van der Waals surface area contributed by atoms with Crippen LogP contribution in [0.3, 0.4) is 0 Å². The van der Waals surface area contributed by atoms with E-state index in [1.54, 1.807) is 0 Å². The smallest absolute Gasteiger partial charge is 0.344 e. The second kappa shape index (κ2) is 5.13. The van der Waals surface area contributed by atoms with Gasteiger partial charge in [0.15, 0.2) is 0 Å². The van der Waals surface area contributed by atoms with Crippen LogP contribution in [0.25, 0.3) is 0 Å². The topological polar surface area (TPSA) is 55.4 Å². The first-order valence-electron chi connectivity index (χ1n) is 6.31. The van der Waals surface area contributed by atoms with Crippen molar-refractivity contribution in [1.29, 1.82) is 0 Å². The predicted molar refractivity (Wildman–Crippen MR) is 53.2 cm³/mol. The molecule has 3 saturated heterocycles. The summed E-state index contributed by atoms with van der Waals surface area (Å²) in [5, 5.41) is 0. The minimum atomic E-state index is -4.68. The van der Waals surface area contributed by atoms with Crippen LogP contribution < -0.4 is 0 Å². The van der Waals surface area contributed by atoms with Gasteiger partial charge in [0.2, 0.25) is 0 Å². The molecule has 0 aromatic carbocycles. The number of halogens is 9. The Labute approximate surface area is 132 Å². The van der Waals surface area contributed by atoms with Gasteiger partial charge in [-0.25, -0.2) is 13.2 Å². The van der Waals surface area contributed by atoms with E-state index in [0.29, 0.717) is 0 Å². The second-order valence-electron chi connectivity index (χ2n) is 5.24. The molecule has 3 aliphatic rings. The maximum absolute atomic E-state index is 13.8. The SMILES string of the molecule is FC1(F)OCC1(F)OB(OC1(F)COC1(F)F)OC1(F)COC1(F)F. The maximum Gasteiger partial charge on any atom is 0.647 e. The van der Waals surface area contributed by atoms with Crippen LogP contribution in [0.1, 0.15) is 0 Å². The standard InChI is InChI=1S/C9H6BF9O6/c11-4(1-20-7(4,14)15)23-10(24-5(12)2-21-8(5,16)17)25-6(13)3-22-9(6,18)19/h1-3H2. The lowest BCUT2D eigenvalue weighted by Gasteiger charge is -2.47. The zero-order valence-corrected chi connectivity index (χ0v) is 11.5. The zero-order valence-electron chi connectivity index (χ0n) is 11.5. The first-order chi connectivity index (χ1) is 11.2. The lowest BCUT2D eigenvalue weighted by Crippen LogP contribution is -2.71. The molecule has 3 fully saturated rings. The van der Waals surface area contributed by atoms with Crippen LogP contribution in [-0.2, 0) is 28.2 Å². The van der Waals surface area contributed by atoms with Gasteiger partial charge in [-0.2, -0.15) is 26.3 Å². The van der Waals surface area contributed by atoms with E-state index in [9.17, 15) is 39.5 Å². The largest absolute Gasteiger partial charge is 0.647 e. The van der Waals surface area contributed by atoms with Crippen molar-refractivity contribution >= 4 is 7.32 Å². The number of hydrogen-bond acceptors (Lipinski definition) is 6. The van der Waals surface area contributed by atoms with Gasteiger partial charge in [-0.05, 0) is 0 Å². The van der Waals surface area contributed by atoms with Gasteiger partial charge >= 0.3 is 43.2 Å². The molecule has 0 aromatic heterocycles. The molecule has 3 atom stereocenters. The van der Waals surface area contributed by atoms with Gasteiger partial charge in [-0.3, -0.25) is 0 Å². The molecule has 0 aromatic rings. The van der Waals surface area contributed by atoms with Crippen molar-refractivity contribution in [3.63, 3.8) is 0 Å². The van der Waals surface area contributed by atoms with Gasteiger partial charge in [-0.1, -0.05) is 0 Å². The summed E-state index contributed by atoms with van der Waals surface area (Å²) in [6.07, 6.45) is -14.0. The number of rotatable bonds is 6. The molecule has 0 radical (unpaired) electrons. The molecular weight excluding hydrogens is 386 g/mol. The Balaban J connectivity index is 1.77. The third-order valence-electron chi connectivity index (χ3n) is 3.47. The van der Waals surface area contributed by atoms with Crippen molar-refractivity contribution in [3.05, 3.63) is 0 Å². The van der Waals surface area contributed by atoms with Crippen LogP contribution >= 0.6 is 0 Å². The first-order valence-corrected chi connectivity index (χ1v) is 6.31. The van der Waals surface area contributed by atoms with Crippen LogP contribution in [0.2, 0.25) is 0 Å². The molecule has 3 rings (SSSR count). The molecule has 0 aliphatic carbocycles. The minimum Gasteiger partial charge on any atom is -0.344 e. The molecule has 0 spiro atoms. The van der Waals surface area contributed by atoms with Crippen molar-refractivity contribution in [2.75, 3.05) is 19.8 Å². The van der Waals surface area contributed by atoms with E-state index in [1.807, 2.05) is 0 Å². The van der Waals surface area contributed by atoms with Crippen LogP contribution in [0.5, 0.6) is 0 Å². The fourth-order valence-electron chi connectivity index (χ4n) is 1.72. The van der Waals surface area contributed by atoms with E-state index in [1.165, 1.54) is 0 Å². The van der Waals surface area contributed by atoms with Gasteiger partial charge in [0.1, 0.15) is 19.8 Å². The summed E-state index contributed by atoms with van der Waals surface area (Å²) in [7, 11) is -3.39. The molecule has 3 heterocycles. The molecule has 16 heteroatoms. The quantitative estimate of drug-likeness (QED) is 0.509. The van der Waals surface area contributed by atoms with E-state index in [2.05, 4.69) is 28.2 Å². The zero-order chi connectivity index (χ0) is 18.9. The van der Waals surface area contributed by atoms with Crippen molar-refractivity contribution < 1.29 is 67.7 Å². The Hall–Kier alpha value is -0.805. The number of alkyl halides is 9. The Morgan fingerprint density at radius 2 is 0.760 bits per heavy atom. The first kappa shape index (κ1) is 19.0. The minimum absolute atomic E-state index is 1.53. The van der Waals surface area contributed by atoms with Crippen molar-refractivity contribution in [2.45, 2.75) is 35.9 Å². The molecule has 25 heavy (non-hydrogen) atoms. The predicted octanol–water partition coefficient (Wildman–Crippen LogP) is 1.89. The molecular formula is C9H6BF9O6. The Morgan fingerprint density at radius 1 is 0.520 bits per heavy atom. The van der Waals surface area contributed by atoms with E-state index in [-0.39, 0.29) is 0 Å². The van der Waals surface area contributed by atoms with Gasteiger partial charge in [0.05, 0.1) is 0 Å². The monoisotopic (exact) mass is 392 g/mol. The molecule has 0 bridgehead atoms. The maximum atomic E-state index is 13.8. The summed E-state index contributed by atoms with van der Waals surface area (Å²) in [5.41, 5.74) is 0. The highest BCUT2D eigenvalue weighted by Gasteiger charge is 2.76. The fourth-order valence-corrected chi connectivity index (χ4v) is 1.72. The highest BCUT2D eigenvalue weighted by molar-refractivity contribution is 6.37. The number of hydrogen-bond donors (Lipinski definition) is 0. The summed E-state index contributed by atoms with van der Waals surface area (Å²) in [4.78, 5) is 0. The van der Waals surface area contributed by atoms with E-state index in [4.69, 9.17) is 0 Å². The molecule has 0 saturated carbocycles. The van der Waals surface area contributed by atoms with Crippen LogP contribution in [-0.4, -0.2) is 63.0 Å². The summed E-state index contributed by atoms with van der Waals surface area (Å²) < 4.78 is 141. The Morgan fingerprint density at radius 3 is 0.880 bits per heavy atom. The lowest BCUT2D eigenvalue weighted by atomic mass is 10.1. The molecule has 0 amide bonds. The molecule has 6 nitrogen and oxygen atoms in total. The summed E-state index contributed by atoms with van der Waals surface area (Å²) in [6.45, 7) is -4.58. The van der Waals surface area contributed by atoms with Crippen molar-refractivity contribution in [3.8, 4) is 0 Å². The average molecular weight is 392 g/mol. The highest BCUT2D eigenvalue weighted by Crippen LogP contribution is 2.50. The second-order valence-corrected chi connectivity index (χ2v) is 5.24. The molecule has 0 N–H and O–H groups in total. The van der Waals surface area contributed by atoms with E-state index < -0.39 is 63.0 Å². The Bertz CT molecular complexity index is 492. The van der Waals surface area contributed by atoms with E-state index >= 15 is 0 Å². The number of ether oxygens (including phenoxy) is 3. The summed E-state index contributed by atoms with van der Waals surface area (Å²) in [6, 6.07) is 0.